The van der Waals surface area contributed by atoms with Crippen LogP contribution in [0, 0.1) is 0 Å². The topological polar surface area (TPSA) is 46.9 Å². The second-order valence-corrected chi connectivity index (χ2v) is 7.85. The summed E-state index contributed by atoms with van der Waals surface area (Å²) in [6.07, 6.45) is -15.6. The molecule has 0 spiro atoms. The lowest BCUT2D eigenvalue weighted by molar-refractivity contribution is -0.143. The van der Waals surface area contributed by atoms with E-state index < -0.39 is 57.0 Å². The van der Waals surface area contributed by atoms with Crippen LogP contribution in [0.2, 0.25) is 5.02 Å². The van der Waals surface area contributed by atoms with Crippen LogP contribution in [-0.4, -0.2) is 9.55 Å². The Bertz CT molecular complexity index is 1280. The standard InChI is InChI=1S/C19H8BrClF9N3O/c20-15-11(18(25,26)27)5-8(17(22,23)24)6-12(15)31-16-32-13(19(28,29)30)7-14(34)33(16)10-3-1-9(21)2-4-10/h1-7H,(H,31,32). The summed E-state index contributed by atoms with van der Waals surface area (Å²) in [6, 6.07) is 5.08. The van der Waals surface area contributed by atoms with Gasteiger partial charge in [-0.1, -0.05) is 11.6 Å². The summed E-state index contributed by atoms with van der Waals surface area (Å²) in [7, 11) is 0. The summed E-state index contributed by atoms with van der Waals surface area (Å²) in [4.78, 5) is 15.7. The highest BCUT2D eigenvalue weighted by Crippen LogP contribution is 2.43. The van der Waals surface area contributed by atoms with Crippen LogP contribution in [0.5, 0.6) is 0 Å². The molecule has 0 aliphatic heterocycles. The molecule has 3 rings (SSSR count). The number of benzene rings is 2. The van der Waals surface area contributed by atoms with Gasteiger partial charge in [0.2, 0.25) is 5.95 Å². The molecule has 0 aliphatic rings. The van der Waals surface area contributed by atoms with Gasteiger partial charge >= 0.3 is 18.5 Å². The molecule has 0 saturated heterocycles. The largest absolute Gasteiger partial charge is 0.433 e. The summed E-state index contributed by atoms with van der Waals surface area (Å²) in [5.74, 6) is -0.990. The van der Waals surface area contributed by atoms with Crippen LogP contribution in [0.4, 0.5) is 51.1 Å². The highest BCUT2D eigenvalue weighted by atomic mass is 79.9. The van der Waals surface area contributed by atoms with Gasteiger partial charge in [0.15, 0.2) is 5.69 Å². The zero-order chi connectivity index (χ0) is 25.6. The summed E-state index contributed by atoms with van der Waals surface area (Å²) in [5.41, 5.74) is -7.57. The first-order chi connectivity index (χ1) is 15.5. The van der Waals surface area contributed by atoms with Crippen molar-refractivity contribution in [1.82, 2.24) is 9.55 Å². The number of rotatable bonds is 3. The highest BCUT2D eigenvalue weighted by molar-refractivity contribution is 9.10. The van der Waals surface area contributed by atoms with Gasteiger partial charge in [0.25, 0.3) is 5.56 Å². The molecule has 34 heavy (non-hydrogen) atoms. The normalized spacial score (nSPS) is 12.7. The van der Waals surface area contributed by atoms with Crippen LogP contribution < -0.4 is 10.9 Å². The Kier molecular flexibility index (Phi) is 6.70. The Labute approximate surface area is 197 Å². The monoisotopic (exact) mass is 579 g/mol. The molecule has 3 aromatic rings. The average Bonchev–Trinajstić information content (AvgIpc) is 2.68. The first-order valence-electron chi connectivity index (χ1n) is 8.70. The molecule has 1 heterocycles. The molecule has 2 aromatic carbocycles. The second-order valence-electron chi connectivity index (χ2n) is 6.62. The smallest absolute Gasteiger partial charge is 0.324 e. The van der Waals surface area contributed by atoms with Gasteiger partial charge < -0.3 is 5.32 Å². The van der Waals surface area contributed by atoms with E-state index in [1.807, 2.05) is 5.32 Å². The molecule has 182 valence electrons. The number of anilines is 2. The lowest BCUT2D eigenvalue weighted by Gasteiger charge is -2.20. The van der Waals surface area contributed by atoms with E-state index in [1.54, 1.807) is 0 Å². The van der Waals surface area contributed by atoms with Gasteiger partial charge in [0.05, 0.1) is 27.0 Å². The van der Waals surface area contributed by atoms with Gasteiger partial charge in [0, 0.05) is 11.1 Å². The Morgan fingerprint density at radius 1 is 0.853 bits per heavy atom. The number of nitrogens with zero attached hydrogens (tertiary/aromatic N) is 2. The molecule has 0 aliphatic carbocycles. The zero-order valence-electron chi connectivity index (χ0n) is 16.0. The molecular weight excluding hydrogens is 573 g/mol. The van der Waals surface area contributed by atoms with Crippen LogP contribution in [0.15, 0.2) is 51.7 Å². The van der Waals surface area contributed by atoms with E-state index in [0.717, 1.165) is 0 Å². The Morgan fingerprint density at radius 3 is 1.94 bits per heavy atom. The lowest BCUT2D eigenvalue weighted by Crippen LogP contribution is -2.26. The number of nitrogens with one attached hydrogen (secondary N) is 1. The Morgan fingerprint density at radius 2 is 1.44 bits per heavy atom. The SMILES string of the molecule is O=c1cc(C(F)(F)F)nc(Nc2cc(C(F)(F)F)cc(C(F)(F)F)c2Br)n1-c1ccc(Cl)cc1. The van der Waals surface area contributed by atoms with E-state index in [4.69, 9.17) is 11.6 Å². The van der Waals surface area contributed by atoms with Gasteiger partial charge in [-0.05, 0) is 52.3 Å². The van der Waals surface area contributed by atoms with Gasteiger partial charge in [-0.3, -0.25) is 4.79 Å². The van der Waals surface area contributed by atoms with E-state index in [-0.39, 0.29) is 28.9 Å². The maximum Gasteiger partial charge on any atom is 0.433 e. The van der Waals surface area contributed by atoms with Crippen LogP contribution in [0.1, 0.15) is 16.8 Å². The number of hydrogen-bond donors (Lipinski definition) is 1. The molecule has 0 fully saturated rings. The van der Waals surface area contributed by atoms with Crippen molar-refractivity contribution in [3.8, 4) is 5.69 Å². The summed E-state index contributed by atoms with van der Waals surface area (Å²) in [5, 5.41) is 2.19. The average molecular weight is 581 g/mol. The summed E-state index contributed by atoms with van der Waals surface area (Å²) in [6.45, 7) is 0. The first kappa shape index (κ1) is 25.9. The molecule has 1 N–H and O–H groups in total. The molecule has 0 unspecified atom stereocenters. The third-order valence-corrected chi connectivity index (χ3v) is 5.35. The van der Waals surface area contributed by atoms with Crippen LogP contribution in [-0.2, 0) is 18.5 Å². The second kappa shape index (κ2) is 8.80. The van der Waals surface area contributed by atoms with Crippen molar-refractivity contribution in [2.75, 3.05) is 5.32 Å². The summed E-state index contributed by atoms with van der Waals surface area (Å²) < 4.78 is 119. The molecule has 1 aromatic heterocycles. The molecule has 0 amide bonds. The molecule has 4 nitrogen and oxygen atoms in total. The van der Waals surface area contributed by atoms with Crippen molar-refractivity contribution >= 4 is 39.2 Å². The van der Waals surface area contributed by atoms with E-state index in [2.05, 4.69) is 20.9 Å². The lowest BCUT2D eigenvalue weighted by atomic mass is 10.1. The third kappa shape index (κ3) is 5.49. The van der Waals surface area contributed by atoms with E-state index in [9.17, 15) is 44.3 Å². The summed E-state index contributed by atoms with van der Waals surface area (Å²) >= 11 is 8.29. The molecule has 0 saturated carbocycles. The number of aromatic nitrogens is 2. The van der Waals surface area contributed by atoms with Crippen molar-refractivity contribution < 1.29 is 39.5 Å². The van der Waals surface area contributed by atoms with Crippen molar-refractivity contribution in [3.63, 3.8) is 0 Å². The molecule has 0 radical (unpaired) electrons. The number of hydrogen-bond acceptors (Lipinski definition) is 3. The fourth-order valence-corrected chi connectivity index (χ4v) is 3.44. The van der Waals surface area contributed by atoms with Gasteiger partial charge in [0.1, 0.15) is 0 Å². The quantitative estimate of drug-likeness (QED) is 0.328. The van der Waals surface area contributed by atoms with Gasteiger partial charge in [-0.15, -0.1) is 0 Å². The minimum atomic E-state index is -5.26. The van der Waals surface area contributed by atoms with Crippen molar-refractivity contribution in [2.45, 2.75) is 18.5 Å². The van der Waals surface area contributed by atoms with Crippen molar-refractivity contribution in [1.29, 1.82) is 0 Å². The van der Waals surface area contributed by atoms with Gasteiger partial charge in [-0.2, -0.15) is 39.5 Å². The van der Waals surface area contributed by atoms with Crippen LogP contribution in [0.25, 0.3) is 5.69 Å². The van der Waals surface area contributed by atoms with Crippen molar-refractivity contribution in [3.05, 3.63) is 79.1 Å². The van der Waals surface area contributed by atoms with Crippen LogP contribution in [0.3, 0.4) is 0 Å². The maximum atomic E-state index is 13.3. The number of alkyl halides is 9. The molecule has 0 bridgehead atoms. The van der Waals surface area contributed by atoms with E-state index in [0.29, 0.717) is 4.57 Å². The predicted molar refractivity (Wildman–Crippen MR) is 107 cm³/mol. The fraction of sp³-hybridized carbons (Fsp3) is 0.158. The first-order valence-corrected chi connectivity index (χ1v) is 9.88. The fourth-order valence-electron chi connectivity index (χ4n) is 2.76. The minimum absolute atomic E-state index is 0.114. The number of halogens is 11. The van der Waals surface area contributed by atoms with Crippen LogP contribution >= 0.6 is 27.5 Å². The van der Waals surface area contributed by atoms with Gasteiger partial charge in [-0.25, -0.2) is 9.55 Å². The minimum Gasteiger partial charge on any atom is -0.324 e. The Hall–Kier alpha value is -2.74. The molecule has 15 heteroatoms. The van der Waals surface area contributed by atoms with Crippen molar-refractivity contribution in [2.24, 2.45) is 0 Å². The molecule has 0 atom stereocenters. The predicted octanol–water partition coefficient (Wildman–Crippen LogP) is 7.45. The zero-order valence-corrected chi connectivity index (χ0v) is 18.3. The highest BCUT2D eigenvalue weighted by Gasteiger charge is 2.40. The van der Waals surface area contributed by atoms with E-state index >= 15 is 0 Å². The van der Waals surface area contributed by atoms with E-state index in [1.165, 1.54) is 24.3 Å². The molecular formula is C19H8BrClF9N3O. The third-order valence-electron chi connectivity index (χ3n) is 4.25. The Balaban J connectivity index is 2.31. The maximum absolute atomic E-state index is 13.3.